The number of rotatable bonds is 10. The number of amides is 3. The number of para-hydroxylation sites is 1. The van der Waals surface area contributed by atoms with E-state index in [1.807, 2.05) is 56.5 Å². The number of ether oxygens (including phenoxy) is 1. The van der Waals surface area contributed by atoms with Gasteiger partial charge in [0, 0.05) is 17.3 Å². The maximum Gasteiger partial charge on any atom is 0.408 e. The van der Waals surface area contributed by atoms with Crippen molar-refractivity contribution in [3.05, 3.63) is 65.2 Å². The van der Waals surface area contributed by atoms with Crippen molar-refractivity contribution in [2.24, 2.45) is 5.92 Å². The Balaban J connectivity index is 2.06. The van der Waals surface area contributed by atoms with Crippen molar-refractivity contribution >= 4 is 35.4 Å². The van der Waals surface area contributed by atoms with Crippen molar-refractivity contribution in [3.63, 3.8) is 0 Å². The number of nitrogens with zero attached hydrogens (tertiary/aromatic N) is 1. The van der Waals surface area contributed by atoms with Crippen LogP contribution in [0, 0.1) is 25.2 Å². The van der Waals surface area contributed by atoms with E-state index in [1.165, 1.54) is 0 Å². The van der Waals surface area contributed by atoms with Crippen LogP contribution >= 0.6 is 11.8 Å². The van der Waals surface area contributed by atoms with Gasteiger partial charge in [-0.1, -0.05) is 49.2 Å². The summed E-state index contributed by atoms with van der Waals surface area (Å²) in [6.07, 6.45) is 8.26. The number of carbonyl (C=O) groups is 3. The molecule has 0 spiro atoms. The fraction of sp³-hybridized carbons (Fsp3) is 0.452. The summed E-state index contributed by atoms with van der Waals surface area (Å²) in [6.45, 7) is 9.27. The standard InChI is InChI=1S/C31H39N3O4S/c1-8-22-14-10-11-15-23(22)27(28(35)32-24-16-12-9-13-20(24)2)34(26-19-21(26)3)29(36)25(17-18-39-7)33-30(37)38-31(4,5)6/h1,9-16,21,25-27H,17-19H2,2-7H3,(H,32,35)(H,33,37). The molecule has 2 aromatic carbocycles. The number of aryl methyl sites for hydroxylation is 1. The van der Waals surface area contributed by atoms with E-state index >= 15 is 0 Å². The maximum absolute atomic E-state index is 14.3. The van der Waals surface area contributed by atoms with Gasteiger partial charge in [0.2, 0.25) is 5.91 Å². The second-order valence-corrected chi connectivity index (χ2v) is 11.9. The molecule has 4 unspecified atom stereocenters. The van der Waals surface area contributed by atoms with Crippen LogP contribution in [-0.4, -0.2) is 52.5 Å². The Morgan fingerprint density at radius 2 is 1.79 bits per heavy atom. The Bertz CT molecular complexity index is 1230. The summed E-state index contributed by atoms with van der Waals surface area (Å²) in [5.74, 6) is 2.83. The zero-order chi connectivity index (χ0) is 28.7. The third-order valence-electron chi connectivity index (χ3n) is 6.62. The first kappa shape index (κ1) is 30.1. The molecule has 0 saturated heterocycles. The van der Waals surface area contributed by atoms with Crippen LogP contribution < -0.4 is 10.6 Å². The lowest BCUT2D eigenvalue weighted by atomic mass is 9.96. The molecule has 8 heteroatoms. The van der Waals surface area contributed by atoms with Crippen molar-refractivity contribution in [1.29, 1.82) is 0 Å². The minimum absolute atomic E-state index is 0.173. The lowest BCUT2D eigenvalue weighted by Gasteiger charge is -2.35. The van der Waals surface area contributed by atoms with Gasteiger partial charge in [0.15, 0.2) is 0 Å². The molecule has 0 bridgehead atoms. The van der Waals surface area contributed by atoms with Crippen LogP contribution in [0.1, 0.15) is 63.3 Å². The van der Waals surface area contributed by atoms with Crippen molar-refractivity contribution in [2.45, 2.75) is 71.2 Å². The van der Waals surface area contributed by atoms with Crippen LogP contribution in [-0.2, 0) is 14.3 Å². The second kappa shape index (κ2) is 13.1. The molecule has 0 aromatic heterocycles. The average molecular weight is 550 g/mol. The van der Waals surface area contributed by atoms with Crippen LogP contribution in [0.25, 0.3) is 0 Å². The molecule has 3 rings (SSSR count). The Morgan fingerprint density at radius 1 is 1.15 bits per heavy atom. The fourth-order valence-corrected chi connectivity index (χ4v) is 4.97. The quantitative estimate of drug-likeness (QED) is 0.380. The van der Waals surface area contributed by atoms with Gasteiger partial charge in [0.1, 0.15) is 17.7 Å². The first-order valence-corrected chi connectivity index (χ1v) is 14.6. The number of terminal acetylenes is 1. The highest BCUT2D eigenvalue weighted by Crippen LogP contribution is 2.42. The van der Waals surface area contributed by atoms with Gasteiger partial charge < -0.3 is 20.3 Å². The molecule has 2 N–H and O–H groups in total. The average Bonchev–Trinajstić information content (AvgIpc) is 3.60. The van der Waals surface area contributed by atoms with Gasteiger partial charge in [-0.05, 0) is 81.7 Å². The highest BCUT2D eigenvalue weighted by Gasteiger charge is 2.48. The molecule has 1 fully saturated rings. The minimum atomic E-state index is -0.989. The molecule has 1 saturated carbocycles. The molecular formula is C31H39N3O4S. The van der Waals surface area contributed by atoms with Crippen LogP contribution in [0.2, 0.25) is 0 Å². The summed E-state index contributed by atoms with van der Waals surface area (Å²) >= 11 is 1.58. The summed E-state index contributed by atoms with van der Waals surface area (Å²) in [5.41, 5.74) is 1.95. The molecule has 208 valence electrons. The number of thioether (sulfide) groups is 1. The zero-order valence-corrected chi connectivity index (χ0v) is 24.4. The van der Waals surface area contributed by atoms with E-state index in [0.717, 1.165) is 12.0 Å². The van der Waals surface area contributed by atoms with E-state index in [9.17, 15) is 14.4 Å². The zero-order valence-electron chi connectivity index (χ0n) is 23.6. The number of carbonyl (C=O) groups excluding carboxylic acids is 3. The van der Waals surface area contributed by atoms with Crippen molar-refractivity contribution in [1.82, 2.24) is 10.2 Å². The Morgan fingerprint density at radius 3 is 2.38 bits per heavy atom. The van der Waals surface area contributed by atoms with Crippen molar-refractivity contribution < 1.29 is 19.1 Å². The number of hydrogen-bond donors (Lipinski definition) is 2. The molecule has 7 nitrogen and oxygen atoms in total. The summed E-state index contributed by atoms with van der Waals surface area (Å²) in [6, 6.07) is 12.6. The molecule has 1 aliphatic rings. The molecule has 3 amide bonds. The third-order valence-corrected chi connectivity index (χ3v) is 7.26. The lowest BCUT2D eigenvalue weighted by molar-refractivity contribution is -0.141. The Labute approximate surface area is 236 Å². The number of nitrogens with one attached hydrogen (secondary N) is 2. The largest absolute Gasteiger partial charge is 0.444 e. The summed E-state index contributed by atoms with van der Waals surface area (Å²) in [5, 5.41) is 5.81. The van der Waals surface area contributed by atoms with Gasteiger partial charge in [-0.2, -0.15) is 11.8 Å². The molecule has 0 radical (unpaired) electrons. The predicted molar refractivity (Wildman–Crippen MR) is 157 cm³/mol. The number of hydrogen-bond acceptors (Lipinski definition) is 5. The van der Waals surface area contributed by atoms with Crippen LogP contribution in [0.3, 0.4) is 0 Å². The van der Waals surface area contributed by atoms with Gasteiger partial charge in [-0.15, -0.1) is 6.42 Å². The van der Waals surface area contributed by atoms with E-state index < -0.39 is 23.8 Å². The molecule has 1 aliphatic carbocycles. The highest BCUT2D eigenvalue weighted by atomic mass is 32.2. The SMILES string of the molecule is C#Cc1ccccc1C(C(=O)Nc1ccccc1C)N(C(=O)C(CCSC)NC(=O)OC(C)(C)C)C1CC1C. The highest BCUT2D eigenvalue weighted by molar-refractivity contribution is 7.98. The molecule has 0 aliphatic heterocycles. The number of anilines is 1. The topological polar surface area (TPSA) is 87.7 Å². The molecular weight excluding hydrogens is 510 g/mol. The van der Waals surface area contributed by atoms with Crippen LogP contribution in [0.15, 0.2) is 48.5 Å². The number of benzene rings is 2. The van der Waals surface area contributed by atoms with Crippen LogP contribution in [0.5, 0.6) is 0 Å². The van der Waals surface area contributed by atoms with Gasteiger partial charge in [-0.25, -0.2) is 4.79 Å². The first-order valence-electron chi connectivity index (χ1n) is 13.2. The monoisotopic (exact) mass is 549 g/mol. The Hall–Kier alpha value is -3.44. The Kier molecular flexibility index (Phi) is 10.1. The molecule has 2 aromatic rings. The van der Waals surface area contributed by atoms with E-state index in [-0.39, 0.29) is 23.8 Å². The predicted octanol–water partition coefficient (Wildman–Crippen LogP) is 5.54. The van der Waals surface area contributed by atoms with Gasteiger partial charge in [-0.3, -0.25) is 9.59 Å². The summed E-state index contributed by atoms with van der Waals surface area (Å²) in [7, 11) is 0. The maximum atomic E-state index is 14.3. The summed E-state index contributed by atoms with van der Waals surface area (Å²) in [4.78, 5) is 42.8. The molecule has 39 heavy (non-hydrogen) atoms. The minimum Gasteiger partial charge on any atom is -0.444 e. The first-order chi connectivity index (χ1) is 18.5. The second-order valence-electron chi connectivity index (χ2n) is 10.9. The fourth-order valence-electron chi connectivity index (χ4n) is 4.49. The van der Waals surface area contributed by atoms with Crippen molar-refractivity contribution in [2.75, 3.05) is 17.3 Å². The van der Waals surface area contributed by atoms with E-state index in [1.54, 1.807) is 49.6 Å². The normalized spacial score (nSPS) is 17.8. The van der Waals surface area contributed by atoms with Crippen LogP contribution in [0.4, 0.5) is 10.5 Å². The third kappa shape index (κ3) is 8.03. The van der Waals surface area contributed by atoms with Gasteiger partial charge >= 0.3 is 6.09 Å². The summed E-state index contributed by atoms with van der Waals surface area (Å²) < 4.78 is 5.46. The van der Waals surface area contributed by atoms with Gasteiger partial charge in [0.25, 0.3) is 5.91 Å². The van der Waals surface area contributed by atoms with Crippen molar-refractivity contribution in [3.8, 4) is 12.3 Å². The molecule has 4 atom stereocenters. The lowest BCUT2D eigenvalue weighted by Crippen LogP contribution is -2.53. The van der Waals surface area contributed by atoms with E-state index in [2.05, 4.69) is 16.6 Å². The van der Waals surface area contributed by atoms with E-state index in [4.69, 9.17) is 11.2 Å². The smallest absolute Gasteiger partial charge is 0.408 e. The number of alkyl carbamates (subject to hydrolysis) is 1. The van der Waals surface area contributed by atoms with Gasteiger partial charge in [0.05, 0.1) is 0 Å². The van der Waals surface area contributed by atoms with E-state index in [0.29, 0.717) is 29.0 Å². The molecule has 0 heterocycles.